The summed E-state index contributed by atoms with van der Waals surface area (Å²) < 4.78 is 25.3. The lowest BCUT2D eigenvalue weighted by molar-refractivity contribution is 0.601. The van der Waals surface area contributed by atoms with Crippen LogP contribution in [0, 0.1) is 20.8 Å². The Balaban J connectivity index is 1.57. The Hall–Kier alpha value is -3.20. The van der Waals surface area contributed by atoms with Crippen molar-refractivity contribution in [1.82, 2.24) is 25.4 Å². The molecule has 0 bridgehead atoms. The molecule has 0 unspecified atom stereocenters. The standard InChI is InChI=1S/C22H28N6O2S/c1-15-10-18(6-8-20(15)31(5,29)30)12-25-22(23-4)26-14-19-7-9-21(24-13-19)28-17(3)11-16(2)27-28/h6-11,13H,12,14H2,1-5H3,(H2,23,25,26). The molecule has 0 saturated carbocycles. The van der Waals surface area contributed by atoms with Crippen LogP contribution >= 0.6 is 0 Å². The van der Waals surface area contributed by atoms with Crippen LogP contribution in [0.3, 0.4) is 0 Å². The third kappa shape index (κ3) is 5.69. The third-order valence-corrected chi connectivity index (χ3v) is 6.08. The topological polar surface area (TPSA) is 101 Å². The van der Waals surface area contributed by atoms with Crippen LogP contribution in [0.2, 0.25) is 0 Å². The Labute approximate surface area is 183 Å². The van der Waals surface area contributed by atoms with E-state index in [4.69, 9.17) is 0 Å². The lowest BCUT2D eigenvalue weighted by Gasteiger charge is -2.13. The van der Waals surface area contributed by atoms with Gasteiger partial charge >= 0.3 is 0 Å². The number of aryl methyl sites for hydroxylation is 3. The van der Waals surface area contributed by atoms with Crippen molar-refractivity contribution in [3.63, 3.8) is 0 Å². The first kappa shape index (κ1) is 22.5. The number of rotatable bonds is 6. The van der Waals surface area contributed by atoms with Gasteiger partial charge in [-0.05, 0) is 55.7 Å². The summed E-state index contributed by atoms with van der Waals surface area (Å²) in [5.74, 6) is 1.43. The molecule has 2 heterocycles. The summed E-state index contributed by atoms with van der Waals surface area (Å²) >= 11 is 0. The maximum atomic E-state index is 11.8. The lowest BCUT2D eigenvalue weighted by Crippen LogP contribution is -2.36. The Morgan fingerprint density at radius 2 is 1.71 bits per heavy atom. The van der Waals surface area contributed by atoms with E-state index in [2.05, 4.69) is 25.7 Å². The quantitative estimate of drug-likeness (QED) is 0.451. The second-order valence-electron chi connectivity index (χ2n) is 7.51. The molecule has 8 nitrogen and oxygen atoms in total. The fraction of sp³-hybridized carbons (Fsp3) is 0.318. The summed E-state index contributed by atoms with van der Waals surface area (Å²) in [5, 5.41) is 11.0. The molecule has 164 valence electrons. The number of pyridine rings is 1. The molecule has 0 radical (unpaired) electrons. The molecule has 0 aliphatic carbocycles. The van der Waals surface area contributed by atoms with Crippen molar-refractivity contribution in [3.8, 4) is 5.82 Å². The van der Waals surface area contributed by atoms with Crippen molar-refractivity contribution in [2.75, 3.05) is 13.3 Å². The molecule has 31 heavy (non-hydrogen) atoms. The lowest BCUT2D eigenvalue weighted by atomic mass is 10.1. The first-order valence-corrected chi connectivity index (χ1v) is 11.8. The van der Waals surface area contributed by atoms with Crippen LogP contribution < -0.4 is 10.6 Å². The molecule has 0 saturated heterocycles. The van der Waals surface area contributed by atoms with Crippen molar-refractivity contribution in [2.24, 2.45) is 4.99 Å². The zero-order chi connectivity index (χ0) is 22.6. The van der Waals surface area contributed by atoms with E-state index in [1.807, 2.05) is 55.1 Å². The Morgan fingerprint density at radius 1 is 1.03 bits per heavy atom. The molecule has 0 amide bonds. The van der Waals surface area contributed by atoms with Crippen LogP contribution in [-0.4, -0.2) is 42.4 Å². The monoisotopic (exact) mass is 440 g/mol. The van der Waals surface area contributed by atoms with Gasteiger partial charge in [-0.3, -0.25) is 4.99 Å². The van der Waals surface area contributed by atoms with E-state index in [1.54, 1.807) is 20.0 Å². The van der Waals surface area contributed by atoms with Crippen molar-refractivity contribution >= 4 is 15.8 Å². The van der Waals surface area contributed by atoms with E-state index in [9.17, 15) is 8.42 Å². The average Bonchev–Trinajstić information content (AvgIpc) is 3.05. The molecule has 3 aromatic rings. The summed E-state index contributed by atoms with van der Waals surface area (Å²) in [6, 6.07) is 11.3. The molecule has 2 N–H and O–H groups in total. The number of sulfone groups is 1. The maximum absolute atomic E-state index is 11.8. The summed E-state index contributed by atoms with van der Waals surface area (Å²) in [7, 11) is -1.51. The van der Waals surface area contributed by atoms with E-state index in [1.165, 1.54) is 6.26 Å². The first-order chi connectivity index (χ1) is 14.7. The van der Waals surface area contributed by atoms with Crippen molar-refractivity contribution in [1.29, 1.82) is 0 Å². The van der Waals surface area contributed by atoms with E-state index < -0.39 is 9.84 Å². The van der Waals surface area contributed by atoms with Gasteiger partial charge in [0.2, 0.25) is 0 Å². The number of hydrogen-bond donors (Lipinski definition) is 2. The maximum Gasteiger partial charge on any atom is 0.191 e. The van der Waals surface area contributed by atoms with E-state index in [-0.39, 0.29) is 0 Å². The molecule has 3 rings (SSSR count). The van der Waals surface area contributed by atoms with Crippen LogP contribution in [0.5, 0.6) is 0 Å². The second-order valence-corrected chi connectivity index (χ2v) is 9.50. The average molecular weight is 441 g/mol. The van der Waals surface area contributed by atoms with E-state index in [0.717, 1.165) is 33.9 Å². The van der Waals surface area contributed by atoms with Gasteiger partial charge in [0.05, 0.1) is 10.6 Å². The summed E-state index contributed by atoms with van der Waals surface area (Å²) in [4.78, 5) is 9.11. The van der Waals surface area contributed by atoms with Crippen LogP contribution in [-0.2, 0) is 22.9 Å². The zero-order valence-electron chi connectivity index (χ0n) is 18.5. The largest absolute Gasteiger partial charge is 0.352 e. The van der Waals surface area contributed by atoms with Gasteiger partial charge in [0.25, 0.3) is 0 Å². The molecule has 0 fully saturated rings. The van der Waals surface area contributed by atoms with Gasteiger partial charge in [-0.1, -0.05) is 18.2 Å². The van der Waals surface area contributed by atoms with E-state index in [0.29, 0.717) is 23.9 Å². The van der Waals surface area contributed by atoms with E-state index >= 15 is 0 Å². The highest BCUT2D eigenvalue weighted by Gasteiger charge is 2.11. The molecule has 0 spiro atoms. The molecular weight excluding hydrogens is 412 g/mol. The van der Waals surface area contributed by atoms with Crippen molar-refractivity contribution in [3.05, 3.63) is 70.7 Å². The summed E-state index contributed by atoms with van der Waals surface area (Å²) in [5.41, 5.74) is 4.73. The highest BCUT2D eigenvalue weighted by molar-refractivity contribution is 7.90. The minimum absolute atomic E-state index is 0.357. The Kier molecular flexibility index (Phi) is 6.74. The fourth-order valence-electron chi connectivity index (χ4n) is 3.34. The van der Waals surface area contributed by atoms with Gasteiger partial charge in [-0.25, -0.2) is 18.1 Å². The van der Waals surface area contributed by atoms with Crippen LogP contribution in [0.25, 0.3) is 5.82 Å². The molecule has 2 aromatic heterocycles. The van der Waals surface area contributed by atoms with Gasteiger partial charge in [0, 0.05) is 38.3 Å². The van der Waals surface area contributed by atoms with Crippen LogP contribution in [0.15, 0.2) is 52.5 Å². The highest BCUT2D eigenvalue weighted by Crippen LogP contribution is 2.16. The molecular formula is C22H28N6O2S. The SMILES string of the molecule is CN=C(NCc1ccc(-n2nc(C)cc2C)nc1)NCc1ccc(S(C)(=O)=O)c(C)c1. The minimum Gasteiger partial charge on any atom is -0.352 e. The normalized spacial score (nSPS) is 12.1. The fourth-order valence-corrected chi connectivity index (χ4v) is 4.30. The van der Waals surface area contributed by atoms with Crippen LogP contribution in [0.4, 0.5) is 0 Å². The third-order valence-electron chi connectivity index (χ3n) is 4.82. The van der Waals surface area contributed by atoms with Gasteiger partial charge in [0.1, 0.15) is 0 Å². The number of hydrogen-bond acceptors (Lipinski definition) is 5. The van der Waals surface area contributed by atoms with Gasteiger partial charge in [-0.15, -0.1) is 0 Å². The number of aromatic nitrogens is 3. The molecule has 0 aliphatic heterocycles. The second kappa shape index (κ2) is 9.30. The highest BCUT2D eigenvalue weighted by atomic mass is 32.2. The summed E-state index contributed by atoms with van der Waals surface area (Å²) in [6.45, 7) is 6.86. The number of nitrogens with one attached hydrogen (secondary N) is 2. The Morgan fingerprint density at radius 3 is 2.23 bits per heavy atom. The predicted octanol–water partition coefficient (Wildman–Crippen LogP) is 2.46. The zero-order valence-corrected chi connectivity index (χ0v) is 19.3. The molecule has 9 heteroatoms. The van der Waals surface area contributed by atoms with Gasteiger partial charge < -0.3 is 10.6 Å². The number of guanidine groups is 1. The van der Waals surface area contributed by atoms with Crippen molar-refractivity contribution < 1.29 is 8.42 Å². The minimum atomic E-state index is -3.22. The van der Waals surface area contributed by atoms with Crippen molar-refractivity contribution in [2.45, 2.75) is 38.8 Å². The smallest absolute Gasteiger partial charge is 0.191 e. The van der Waals surface area contributed by atoms with Crippen LogP contribution in [0.1, 0.15) is 28.1 Å². The molecule has 0 atom stereocenters. The van der Waals surface area contributed by atoms with Gasteiger partial charge in [-0.2, -0.15) is 5.10 Å². The van der Waals surface area contributed by atoms with Gasteiger partial charge in [0.15, 0.2) is 21.6 Å². The summed E-state index contributed by atoms with van der Waals surface area (Å²) in [6.07, 6.45) is 3.04. The molecule has 1 aromatic carbocycles. The number of nitrogens with zero attached hydrogens (tertiary/aromatic N) is 4. The molecule has 0 aliphatic rings. The Bertz CT molecular complexity index is 1200. The first-order valence-electron chi connectivity index (χ1n) is 9.90. The number of aliphatic imine (C=N–C) groups is 1. The predicted molar refractivity (Wildman–Crippen MR) is 122 cm³/mol. The number of benzene rings is 1.